The van der Waals surface area contributed by atoms with Gasteiger partial charge in [0.15, 0.2) is 0 Å². The maximum atomic E-state index is 11.4. The summed E-state index contributed by atoms with van der Waals surface area (Å²) in [6.07, 6.45) is 5.97. The molecule has 1 heterocycles. The Balaban J connectivity index is 1.72. The lowest BCUT2D eigenvalue weighted by Gasteiger charge is -2.25. The Labute approximate surface area is 176 Å². The number of benzene rings is 3. The number of anilines is 2. The average molecular weight is 396 g/mol. The first-order chi connectivity index (χ1) is 14.6. The molecule has 0 unspecified atom stereocenters. The third-order valence-corrected chi connectivity index (χ3v) is 5.29. The fourth-order valence-corrected chi connectivity index (χ4v) is 3.84. The van der Waals surface area contributed by atoms with Crippen LogP contribution in [-0.4, -0.2) is 16.1 Å². The zero-order valence-corrected chi connectivity index (χ0v) is 17.0. The van der Waals surface area contributed by atoms with E-state index in [9.17, 15) is 9.90 Å². The zero-order chi connectivity index (χ0) is 21.1. The second-order valence-corrected chi connectivity index (χ2v) is 7.24. The predicted molar refractivity (Wildman–Crippen MR) is 122 cm³/mol. The van der Waals surface area contributed by atoms with Crippen LogP contribution in [0.15, 0.2) is 79.4 Å². The van der Waals surface area contributed by atoms with Crippen molar-refractivity contribution in [2.75, 3.05) is 5.01 Å². The van der Waals surface area contributed by atoms with Crippen LogP contribution < -0.4 is 15.4 Å². The van der Waals surface area contributed by atoms with E-state index in [2.05, 4.69) is 53.0 Å². The molecule has 3 aromatic carbocycles. The Morgan fingerprint density at radius 2 is 1.77 bits per heavy atom. The fourth-order valence-electron chi connectivity index (χ4n) is 3.84. The van der Waals surface area contributed by atoms with E-state index < -0.39 is 5.97 Å². The van der Waals surface area contributed by atoms with E-state index in [0.717, 1.165) is 10.8 Å². The molecule has 0 bridgehead atoms. The van der Waals surface area contributed by atoms with Gasteiger partial charge in [-0.05, 0) is 52.8 Å². The fraction of sp³-hybridized carbons (Fsp3) is 0.115. The molecule has 0 fully saturated rings. The first-order valence-electron chi connectivity index (χ1n) is 9.95. The molecule has 4 nitrogen and oxygen atoms in total. The van der Waals surface area contributed by atoms with Crippen molar-refractivity contribution in [1.29, 1.82) is 0 Å². The molecule has 30 heavy (non-hydrogen) atoms. The Morgan fingerprint density at radius 3 is 2.43 bits per heavy atom. The number of rotatable bonds is 7. The summed E-state index contributed by atoms with van der Waals surface area (Å²) >= 11 is 0. The number of nitrogens with zero attached hydrogens (tertiary/aromatic N) is 2. The van der Waals surface area contributed by atoms with Crippen molar-refractivity contribution >= 4 is 29.5 Å². The molecule has 0 atom stereocenters. The van der Waals surface area contributed by atoms with E-state index in [4.69, 9.17) is 0 Å². The zero-order valence-electron chi connectivity index (χ0n) is 17.0. The van der Waals surface area contributed by atoms with Gasteiger partial charge in [-0.15, -0.1) is 0 Å². The summed E-state index contributed by atoms with van der Waals surface area (Å²) in [5, 5.41) is 16.1. The maximum Gasteiger partial charge on any atom is 0.335 e. The van der Waals surface area contributed by atoms with Gasteiger partial charge in [0.1, 0.15) is 0 Å². The van der Waals surface area contributed by atoms with Crippen molar-refractivity contribution in [2.45, 2.75) is 20.0 Å². The van der Waals surface area contributed by atoms with Crippen LogP contribution in [-0.2, 0) is 13.1 Å². The predicted octanol–water partition coefficient (Wildman–Crippen LogP) is 4.22. The van der Waals surface area contributed by atoms with E-state index >= 15 is 0 Å². The van der Waals surface area contributed by atoms with Crippen molar-refractivity contribution in [3.63, 3.8) is 0 Å². The van der Waals surface area contributed by atoms with Crippen molar-refractivity contribution in [3.05, 3.63) is 107 Å². The van der Waals surface area contributed by atoms with Crippen LogP contribution in [0.25, 0.3) is 12.2 Å². The quantitative estimate of drug-likeness (QED) is 0.608. The molecule has 3 aromatic rings. The molecule has 1 aliphatic rings. The summed E-state index contributed by atoms with van der Waals surface area (Å²) in [6.45, 7) is 7.20. The topological polar surface area (TPSA) is 43.6 Å². The first kappa shape index (κ1) is 19.7. The van der Waals surface area contributed by atoms with Gasteiger partial charge in [-0.25, -0.2) is 9.80 Å². The van der Waals surface area contributed by atoms with Crippen LogP contribution in [0.2, 0.25) is 0 Å². The summed E-state index contributed by atoms with van der Waals surface area (Å²) in [6, 6.07) is 21.7. The lowest BCUT2D eigenvalue weighted by Crippen LogP contribution is -2.36. The number of allylic oxidation sites excluding steroid dienone is 1. The van der Waals surface area contributed by atoms with Gasteiger partial charge in [-0.2, -0.15) is 0 Å². The van der Waals surface area contributed by atoms with E-state index in [1.165, 1.54) is 22.2 Å². The molecule has 0 spiro atoms. The van der Waals surface area contributed by atoms with Gasteiger partial charge in [0.25, 0.3) is 0 Å². The molecular weight excluding hydrogens is 372 g/mol. The van der Waals surface area contributed by atoms with Gasteiger partial charge < -0.3 is 5.11 Å². The SMILES string of the molecule is C=C/C=c1/c(CN(Cc2cccc(C(=O)O)c2)N2c3ccccc32)ccc/c1=C/C. The molecule has 0 radical (unpaired) electrons. The highest BCUT2D eigenvalue weighted by molar-refractivity contribution is 5.91. The van der Waals surface area contributed by atoms with Gasteiger partial charge >= 0.3 is 5.97 Å². The van der Waals surface area contributed by atoms with Gasteiger partial charge in [0.05, 0.1) is 16.9 Å². The number of carbonyl (C=O) groups is 1. The van der Waals surface area contributed by atoms with E-state index in [1.807, 2.05) is 37.3 Å². The van der Waals surface area contributed by atoms with Crippen molar-refractivity contribution in [1.82, 2.24) is 5.01 Å². The van der Waals surface area contributed by atoms with Crippen molar-refractivity contribution in [3.8, 4) is 0 Å². The normalized spacial score (nSPS) is 13.5. The standard InChI is InChI=1S/C26H24N2O2/c1-3-9-23-20(4-2)11-8-13-22(23)18-27(28-24-14-5-6-15-25(24)28)17-19-10-7-12-21(16-19)26(29)30/h3-16H,1,17-18H2,2H3,(H,29,30)/b20-4-,23-9+. The number of hydrogen-bond donors (Lipinski definition) is 1. The lowest BCUT2D eigenvalue weighted by atomic mass is 10.1. The van der Waals surface area contributed by atoms with Gasteiger partial charge in [0.2, 0.25) is 0 Å². The monoisotopic (exact) mass is 396 g/mol. The Kier molecular flexibility index (Phi) is 5.50. The highest BCUT2D eigenvalue weighted by Crippen LogP contribution is 2.49. The number of carboxylic acid groups (broad SMARTS) is 1. The van der Waals surface area contributed by atoms with Crippen molar-refractivity contribution in [2.24, 2.45) is 0 Å². The summed E-state index contributed by atoms with van der Waals surface area (Å²) in [5.41, 5.74) is 4.82. The van der Waals surface area contributed by atoms with E-state index in [0.29, 0.717) is 18.7 Å². The highest BCUT2D eigenvalue weighted by atomic mass is 16.4. The number of hydrazine groups is 1. The smallest absolute Gasteiger partial charge is 0.335 e. The Bertz CT molecular complexity index is 1210. The number of hydrogen-bond acceptors (Lipinski definition) is 3. The molecule has 0 aliphatic carbocycles. The highest BCUT2D eigenvalue weighted by Gasteiger charge is 2.34. The molecule has 0 amide bonds. The van der Waals surface area contributed by atoms with Crippen LogP contribution >= 0.6 is 0 Å². The minimum Gasteiger partial charge on any atom is -0.478 e. The molecule has 4 rings (SSSR count). The van der Waals surface area contributed by atoms with Crippen LogP contribution in [0, 0.1) is 0 Å². The minimum atomic E-state index is -0.910. The summed E-state index contributed by atoms with van der Waals surface area (Å²) in [4.78, 5) is 11.4. The first-order valence-corrected chi connectivity index (χ1v) is 9.95. The van der Waals surface area contributed by atoms with E-state index in [-0.39, 0.29) is 0 Å². The van der Waals surface area contributed by atoms with Crippen LogP contribution in [0.4, 0.5) is 11.4 Å². The molecular formula is C26H24N2O2. The largest absolute Gasteiger partial charge is 0.478 e. The second-order valence-electron chi connectivity index (χ2n) is 7.24. The van der Waals surface area contributed by atoms with Crippen LogP contribution in [0.5, 0.6) is 0 Å². The summed E-state index contributed by atoms with van der Waals surface area (Å²) < 4.78 is 0. The molecule has 0 saturated carbocycles. The molecule has 0 saturated heterocycles. The molecule has 1 aliphatic heterocycles. The van der Waals surface area contributed by atoms with Gasteiger partial charge in [-0.3, -0.25) is 5.01 Å². The van der Waals surface area contributed by atoms with Crippen molar-refractivity contribution < 1.29 is 9.90 Å². The number of para-hydroxylation sites is 2. The van der Waals surface area contributed by atoms with Gasteiger partial charge in [0, 0.05) is 13.1 Å². The minimum absolute atomic E-state index is 0.305. The number of aromatic carboxylic acids is 1. The average Bonchev–Trinajstić information content (AvgIpc) is 3.49. The number of carboxylic acids is 1. The third kappa shape index (κ3) is 3.91. The second kappa shape index (κ2) is 8.39. The third-order valence-electron chi connectivity index (χ3n) is 5.29. The van der Waals surface area contributed by atoms with Crippen LogP contribution in [0.1, 0.15) is 28.4 Å². The molecule has 150 valence electrons. The molecule has 1 N–H and O–H groups in total. The summed E-state index contributed by atoms with van der Waals surface area (Å²) in [5.74, 6) is -0.910. The maximum absolute atomic E-state index is 11.4. The van der Waals surface area contributed by atoms with E-state index in [1.54, 1.807) is 18.2 Å². The number of fused-ring (bicyclic) bond motifs is 1. The Hall–Kier alpha value is -3.63. The molecule has 0 aromatic heterocycles. The van der Waals surface area contributed by atoms with Gasteiger partial charge in [-0.1, -0.05) is 67.3 Å². The summed E-state index contributed by atoms with van der Waals surface area (Å²) in [7, 11) is 0. The van der Waals surface area contributed by atoms with Crippen LogP contribution in [0.3, 0.4) is 0 Å². The molecule has 4 heteroatoms. The Morgan fingerprint density at radius 1 is 1.03 bits per heavy atom. The lowest BCUT2D eigenvalue weighted by molar-refractivity contribution is 0.0696.